The third-order valence-corrected chi connectivity index (χ3v) is 7.36. The van der Waals surface area contributed by atoms with Crippen molar-refractivity contribution in [3.63, 3.8) is 0 Å². The van der Waals surface area contributed by atoms with E-state index < -0.39 is 0 Å². The summed E-state index contributed by atoms with van der Waals surface area (Å²) in [5, 5.41) is 8.95. The van der Waals surface area contributed by atoms with Crippen LogP contribution in [-0.2, 0) is 14.3 Å². The van der Waals surface area contributed by atoms with Gasteiger partial charge in [-0.15, -0.1) is 0 Å². The number of aliphatic hydroxyl groups is 1. The number of fused-ring (bicyclic) bond motifs is 2. The normalized spacial score (nSPS) is 48.9. The molecule has 2 aliphatic carbocycles. The number of rotatable bonds is 4. The predicted octanol–water partition coefficient (Wildman–Crippen LogP) is 2.16. The predicted molar refractivity (Wildman–Crippen MR) is 84.6 cm³/mol. The van der Waals surface area contributed by atoms with Crippen LogP contribution in [0.4, 0.5) is 0 Å². The first kappa shape index (κ1) is 15.0. The topological polar surface area (TPSA) is 59.1 Å². The van der Waals surface area contributed by atoms with Crippen molar-refractivity contribution in [1.29, 1.82) is 0 Å². The molecule has 2 saturated heterocycles. The molecule has 4 aliphatic rings. The standard InChI is InChI=1S/C17H24O4S/c1-10-3-6-17-13(10)14-11(4-5-16(17,2)21-17)12(15(19)20-14)9-22-8-7-18/h3,11-14,18H,4-9H2,1-2H3/t11-,12-,13+,14-,16-,17+/m0/s1. The molecule has 6 atom stereocenters. The van der Waals surface area contributed by atoms with Gasteiger partial charge in [-0.25, -0.2) is 0 Å². The van der Waals surface area contributed by atoms with Crippen molar-refractivity contribution in [2.24, 2.45) is 17.8 Å². The largest absolute Gasteiger partial charge is 0.461 e. The van der Waals surface area contributed by atoms with Crippen LogP contribution in [0.2, 0.25) is 0 Å². The van der Waals surface area contributed by atoms with E-state index in [2.05, 4.69) is 19.9 Å². The highest BCUT2D eigenvalue weighted by Crippen LogP contribution is 2.67. The van der Waals surface area contributed by atoms with E-state index in [0.29, 0.717) is 11.7 Å². The van der Waals surface area contributed by atoms with Crippen molar-refractivity contribution in [2.75, 3.05) is 18.1 Å². The summed E-state index contributed by atoms with van der Waals surface area (Å²) in [6.45, 7) is 4.55. The average Bonchev–Trinajstić information content (AvgIpc) is 2.78. The Labute approximate surface area is 135 Å². The Morgan fingerprint density at radius 2 is 2.32 bits per heavy atom. The summed E-state index contributed by atoms with van der Waals surface area (Å²) in [5.74, 6) is 1.93. The van der Waals surface area contributed by atoms with E-state index in [4.69, 9.17) is 14.6 Å². The van der Waals surface area contributed by atoms with Crippen LogP contribution in [-0.4, -0.2) is 46.5 Å². The van der Waals surface area contributed by atoms with Gasteiger partial charge in [0.25, 0.3) is 0 Å². The molecule has 1 N–H and O–H groups in total. The number of carbonyl (C=O) groups excluding carboxylic acids is 1. The molecule has 3 fully saturated rings. The molecule has 4 rings (SSSR count). The lowest BCUT2D eigenvalue weighted by Gasteiger charge is -2.28. The smallest absolute Gasteiger partial charge is 0.310 e. The third-order valence-electron chi connectivity index (χ3n) is 6.29. The van der Waals surface area contributed by atoms with Gasteiger partial charge in [-0.2, -0.15) is 11.8 Å². The Bertz CT molecular complexity index is 533. The van der Waals surface area contributed by atoms with E-state index in [1.54, 1.807) is 11.8 Å². The summed E-state index contributed by atoms with van der Waals surface area (Å²) in [6.07, 6.45) is 5.24. The van der Waals surface area contributed by atoms with Gasteiger partial charge in [-0.05, 0) is 33.1 Å². The number of epoxide rings is 1. The molecule has 2 aliphatic heterocycles. The van der Waals surface area contributed by atoms with Crippen LogP contribution in [0.5, 0.6) is 0 Å². The number of hydrogen-bond donors (Lipinski definition) is 1. The minimum absolute atomic E-state index is 0.0182. The molecular formula is C17H24O4S. The molecule has 22 heavy (non-hydrogen) atoms. The summed E-state index contributed by atoms with van der Waals surface area (Å²) in [4.78, 5) is 12.4. The van der Waals surface area contributed by atoms with Gasteiger partial charge in [0.15, 0.2) is 0 Å². The number of esters is 1. The van der Waals surface area contributed by atoms with Gasteiger partial charge in [0.05, 0.1) is 18.1 Å². The van der Waals surface area contributed by atoms with Crippen molar-refractivity contribution in [2.45, 2.75) is 50.4 Å². The molecule has 0 aromatic heterocycles. The SMILES string of the molecule is CC1=CC[C@]23O[C@@]2(C)CC[C@@H]2[C@H](OC(=O)[C@H]2CSCCO)[C@@H]13. The molecule has 0 aromatic rings. The maximum absolute atomic E-state index is 12.4. The van der Waals surface area contributed by atoms with Crippen molar-refractivity contribution < 1.29 is 19.4 Å². The zero-order valence-electron chi connectivity index (χ0n) is 13.2. The highest BCUT2D eigenvalue weighted by atomic mass is 32.2. The summed E-state index contributed by atoms with van der Waals surface area (Å²) in [7, 11) is 0. The van der Waals surface area contributed by atoms with Gasteiger partial charge in [-0.1, -0.05) is 11.6 Å². The molecule has 0 radical (unpaired) electrons. The molecule has 0 amide bonds. The van der Waals surface area contributed by atoms with Crippen molar-refractivity contribution in [1.82, 2.24) is 0 Å². The van der Waals surface area contributed by atoms with Crippen LogP contribution in [0.1, 0.15) is 33.1 Å². The Morgan fingerprint density at radius 1 is 1.50 bits per heavy atom. The Hall–Kier alpha value is -0.520. The van der Waals surface area contributed by atoms with E-state index in [9.17, 15) is 4.79 Å². The quantitative estimate of drug-likeness (QED) is 0.372. The lowest BCUT2D eigenvalue weighted by molar-refractivity contribution is -0.145. The number of hydrogen-bond acceptors (Lipinski definition) is 5. The number of thioether (sulfide) groups is 1. The van der Waals surface area contributed by atoms with E-state index >= 15 is 0 Å². The third kappa shape index (κ3) is 1.88. The Morgan fingerprint density at radius 3 is 3.09 bits per heavy atom. The summed E-state index contributed by atoms with van der Waals surface area (Å²) in [6, 6.07) is 0. The van der Waals surface area contributed by atoms with Crippen LogP contribution in [0.3, 0.4) is 0 Å². The van der Waals surface area contributed by atoms with Crippen molar-refractivity contribution in [3.05, 3.63) is 11.6 Å². The first-order valence-corrected chi connectivity index (χ1v) is 9.44. The summed E-state index contributed by atoms with van der Waals surface area (Å²) < 4.78 is 12.1. The molecule has 5 heteroatoms. The summed E-state index contributed by atoms with van der Waals surface area (Å²) in [5.41, 5.74) is 1.19. The van der Waals surface area contributed by atoms with Gasteiger partial charge in [-0.3, -0.25) is 4.79 Å². The van der Waals surface area contributed by atoms with E-state index in [1.165, 1.54) is 5.57 Å². The highest BCUT2D eigenvalue weighted by Gasteiger charge is 2.75. The molecule has 122 valence electrons. The summed E-state index contributed by atoms with van der Waals surface area (Å²) >= 11 is 1.66. The highest BCUT2D eigenvalue weighted by molar-refractivity contribution is 7.99. The van der Waals surface area contributed by atoms with Gasteiger partial charge in [0.1, 0.15) is 11.7 Å². The molecule has 1 saturated carbocycles. The van der Waals surface area contributed by atoms with Gasteiger partial charge >= 0.3 is 5.97 Å². The first-order valence-electron chi connectivity index (χ1n) is 8.28. The van der Waals surface area contributed by atoms with Crippen LogP contribution < -0.4 is 0 Å². The van der Waals surface area contributed by atoms with Crippen LogP contribution >= 0.6 is 11.8 Å². The molecular weight excluding hydrogens is 300 g/mol. The van der Waals surface area contributed by atoms with Gasteiger partial charge in [0.2, 0.25) is 0 Å². The van der Waals surface area contributed by atoms with E-state index in [0.717, 1.165) is 25.0 Å². The number of carbonyl (C=O) groups is 1. The average molecular weight is 324 g/mol. The molecule has 4 nitrogen and oxygen atoms in total. The molecule has 0 bridgehead atoms. The number of ether oxygens (including phenoxy) is 2. The fraction of sp³-hybridized carbons (Fsp3) is 0.824. The molecule has 0 unspecified atom stereocenters. The monoisotopic (exact) mass is 324 g/mol. The maximum atomic E-state index is 12.4. The second-order valence-corrected chi connectivity index (χ2v) is 8.51. The molecule has 1 spiro atoms. The zero-order chi connectivity index (χ0) is 15.5. The van der Waals surface area contributed by atoms with Crippen LogP contribution in [0.25, 0.3) is 0 Å². The fourth-order valence-electron chi connectivity index (χ4n) is 5.05. The van der Waals surface area contributed by atoms with E-state index in [1.807, 2.05) is 0 Å². The fourth-order valence-corrected chi connectivity index (χ4v) is 5.98. The lowest BCUT2D eigenvalue weighted by Crippen LogP contribution is -2.37. The zero-order valence-corrected chi connectivity index (χ0v) is 14.0. The Balaban J connectivity index is 1.59. The van der Waals surface area contributed by atoms with Crippen LogP contribution in [0.15, 0.2) is 11.6 Å². The second-order valence-electron chi connectivity index (χ2n) is 7.36. The molecule has 2 heterocycles. The van der Waals surface area contributed by atoms with Crippen LogP contribution in [0, 0.1) is 17.8 Å². The number of aliphatic hydroxyl groups excluding tert-OH is 1. The van der Waals surface area contributed by atoms with E-state index in [-0.39, 0.29) is 41.7 Å². The van der Waals surface area contributed by atoms with Crippen molar-refractivity contribution >= 4 is 17.7 Å². The van der Waals surface area contributed by atoms with Gasteiger partial charge < -0.3 is 14.6 Å². The second kappa shape index (κ2) is 4.99. The Kier molecular flexibility index (Phi) is 3.41. The molecule has 0 aromatic carbocycles. The minimum atomic E-state index is -0.107. The van der Waals surface area contributed by atoms with Crippen molar-refractivity contribution in [3.8, 4) is 0 Å². The maximum Gasteiger partial charge on any atom is 0.310 e. The van der Waals surface area contributed by atoms with Gasteiger partial charge in [0, 0.05) is 23.3 Å². The first-order chi connectivity index (χ1) is 10.5. The lowest BCUT2D eigenvalue weighted by atomic mass is 9.77. The minimum Gasteiger partial charge on any atom is -0.461 e.